The lowest BCUT2D eigenvalue weighted by molar-refractivity contribution is -0.141. The summed E-state index contributed by atoms with van der Waals surface area (Å²) in [5, 5.41) is 27.0. The molecule has 0 spiro atoms. The van der Waals surface area contributed by atoms with Crippen LogP contribution in [-0.4, -0.2) is 50.4 Å². The van der Waals surface area contributed by atoms with Gasteiger partial charge in [-0.25, -0.2) is 0 Å². The van der Waals surface area contributed by atoms with Gasteiger partial charge in [0.1, 0.15) is 11.8 Å². The van der Waals surface area contributed by atoms with Crippen LogP contribution >= 0.6 is 24.0 Å². The number of hydrogen-bond acceptors (Lipinski definition) is 6. The van der Waals surface area contributed by atoms with Crippen molar-refractivity contribution in [2.75, 3.05) is 6.54 Å². The van der Waals surface area contributed by atoms with Crippen molar-refractivity contribution in [3.8, 4) is 17.1 Å². The third kappa shape index (κ3) is 4.34. The molecule has 2 aliphatic rings. The van der Waals surface area contributed by atoms with E-state index in [-0.39, 0.29) is 18.5 Å². The summed E-state index contributed by atoms with van der Waals surface area (Å²) in [5.74, 6) is 1.21. The number of carboxylic acid groups (broad SMARTS) is 1. The first-order chi connectivity index (χ1) is 12.6. The van der Waals surface area contributed by atoms with Crippen LogP contribution in [0, 0.1) is 11.8 Å². The van der Waals surface area contributed by atoms with Gasteiger partial charge in [-0.15, -0.1) is 22.6 Å². The lowest BCUT2D eigenvalue weighted by Gasteiger charge is -2.41. The van der Waals surface area contributed by atoms with Crippen LogP contribution in [0.1, 0.15) is 25.7 Å². The summed E-state index contributed by atoms with van der Waals surface area (Å²) in [6, 6.07) is 4.90. The molecule has 1 saturated heterocycles. The molecule has 8 nitrogen and oxygen atoms in total. The maximum atomic E-state index is 11.3. The minimum atomic E-state index is -0.774. The predicted molar refractivity (Wildman–Crippen MR) is 101 cm³/mol. The Hall–Kier alpha value is -1.90. The van der Waals surface area contributed by atoms with Gasteiger partial charge < -0.3 is 15.2 Å². The average molecular weight is 414 g/mol. The Labute approximate surface area is 167 Å². The van der Waals surface area contributed by atoms with Crippen LogP contribution < -0.4 is 10.1 Å². The molecule has 0 amide bonds. The van der Waals surface area contributed by atoms with Crippen LogP contribution in [0.5, 0.6) is 5.75 Å². The highest BCUT2D eigenvalue weighted by Gasteiger charge is 2.38. The van der Waals surface area contributed by atoms with Crippen LogP contribution in [-0.2, 0) is 4.79 Å². The molecule has 0 unspecified atom stereocenters. The van der Waals surface area contributed by atoms with E-state index >= 15 is 0 Å². The summed E-state index contributed by atoms with van der Waals surface area (Å²) in [7, 11) is 0. The summed E-state index contributed by atoms with van der Waals surface area (Å²) in [6.07, 6.45) is 3.51. The van der Waals surface area contributed by atoms with Crippen molar-refractivity contribution in [3.05, 3.63) is 23.2 Å². The highest BCUT2D eigenvalue weighted by Crippen LogP contribution is 2.39. The second kappa shape index (κ2) is 8.41. The quantitative estimate of drug-likeness (QED) is 0.705. The molecule has 2 aromatic rings. The highest BCUT2D eigenvalue weighted by molar-refractivity contribution is 6.30. The van der Waals surface area contributed by atoms with Gasteiger partial charge in [0.15, 0.2) is 0 Å². The number of aliphatic carboxylic acids is 1. The fourth-order valence-electron chi connectivity index (χ4n) is 4.05. The van der Waals surface area contributed by atoms with Crippen LogP contribution in [0.2, 0.25) is 5.02 Å². The van der Waals surface area contributed by atoms with Gasteiger partial charge in [0.25, 0.3) is 0 Å². The first kappa shape index (κ1) is 19.9. The van der Waals surface area contributed by atoms with Gasteiger partial charge in [-0.2, -0.15) is 5.21 Å². The third-order valence-corrected chi connectivity index (χ3v) is 5.61. The molecule has 3 N–H and O–H groups in total. The Kier molecular flexibility index (Phi) is 6.18. The summed E-state index contributed by atoms with van der Waals surface area (Å²) < 4.78 is 6.26. The Balaban J connectivity index is 0.00000210. The van der Waals surface area contributed by atoms with Crippen molar-refractivity contribution in [2.45, 2.75) is 37.8 Å². The average Bonchev–Trinajstić information content (AvgIpc) is 3.17. The van der Waals surface area contributed by atoms with E-state index < -0.39 is 12.0 Å². The molecule has 27 heavy (non-hydrogen) atoms. The normalized spacial score (nSPS) is 27.3. The van der Waals surface area contributed by atoms with Crippen molar-refractivity contribution in [1.29, 1.82) is 0 Å². The number of carboxylic acids is 1. The summed E-state index contributed by atoms with van der Waals surface area (Å²) >= 11 is 6.11. The molecule has 0 bridgehead atoms. The Bertz CT molecular complexity index is 789. The molecular formula is C17H21Cl2N5O3. The molecule has 1 aliphatic carbocycles. The molecule has 1 saturated carbocycles. The maximum absolute atomic E-state index is 11.3. The number of piperidine rings is 1. The smallest absolute Gasteiger partial charge is 0.320 e. The number of ether oxygens (including phenoxy) is 1. The number of aromatic nitrogens is 4. The monoisotopic (exact) mass is 413 g/mol. The van der Waals surface area contributed by atoms with Crippen LogP contribution in [0.25, 0.3) is 11.4 Å². The van der Waals surface area contributed by atoms with Gasteiger partial charge in [0.2, 0.25) is 5.82 Å². The molecule has 1 aliphatic heterocycles. The lowest BCUT2D eigenvalue weighted by atomic mass is 9.72. The van der Waals surface area contributed by atoms with Gasteiger partial charge in [0, 0.05) is 5.02 Å². The SMILES string of the molecule is Cl.O=C(O)[C@@H]1C[C@H]2C[C@@H](Oc3ccc(Cl)cc3-c3nn[nH]n3)CC[C@H]2CN1. The van der Waals surface area contributed by atoms with E-state index in [9.17, 15) is 9.90 Å². The molecule has 0 radical (unpaired) electrons. The number of hydrogen-bond donors (Lipinski definition) is 3. The minimum absolute atomic E-state index is 0. The number of H-pyrrole nitrogens is 1. The van der Waals surface area contributed by atoms with Gasteiger partial charge in [-0.05, 0) is 67.5 Å². The fraction of sp³-hybridized carbons (Fsp3) is 0.529. The van der Waals surface area contributed by atoms with Crippen LogP contribution in [0.3, 0.4) is 0 Å². The van der Waals surface area contributed by atoms with Crippen molar-refractivity contribution in [3.63, 3.8) is 0 Å². The molecular weight excluding hydrogens is 393 g/mol. The molecule has 4 atom stereocenters. The van der Waals surface area contributed by atoms with Crippen molar-refractivity contribution >= 4 is 30.0 Å². The Morgan fingerprint density at radius 2 is 2.11 bits per heavy atom. The van der Waals surface area contributed by atoms with Crippen LogP contribution in [0.15, 0.2) is 18.2 Å². The van der Waals surface area contributed by atoms with E-state index in [1.807, 2.05) is 6.07 Å². The number of benzene rings is 1. The molecule has 2 heterocycles. The van der Waals surface area contributed by atoms with E-state index in [0.717, 1.165) is 25.8 Å². The van der Waals surface area contributed by atoms with E-state index in [1.54, 1.807) is 12.1 Å². The zero-order chi connectivity index (χ0) is 18.1. The molecule has 146 valence electrons. The second-order valence-corrected chi connectivity index (χ2v) is 7.42. The van der Waals surface area contributed by atoms with E-state index in [4.69, 9.17) is 16.3 Å². The van der Waals surface area contributed by atoms with Gasteiger partial charge in [-0.3, -0.25) is 4.79 Å². The van der Waals surface area contributed by atoms with E-state index in [0.29, 0.717) is 40.4 Å². The second-order valence-electron chi connectivity index (χ2n) is 6.98. The third-order valence-electron chi connectivity index (χ3n) is 5.38. The van der Waals surface area contributed by atoms with E-state index in [1.165, 1.54) is 0 Å². The fourth-order valence-corrected chi connectivity index (χ4v) is 4.22. The number of tetrazole rings is 1. The van der Waals surface area contributed by atoms with Crippen molar-refractivity contribution < 1.29 is 14.6 Å². The number of halogens is 2. The zero-order valence-corrected chi connectivity index (χ0v) is 16.0. The number of fused-ring (bicyclic) bond motifs is 1. The maximum Gasteiger partial charge on any atom is 0.320 e. The van der Waals surface area contributed by atoms with Gasteiger partial charge >= 0.3 is 5.97 Å². The number of aromatic amines is 1. The number of nitrogens with one attached hydrogen (secondary N) is 2. The lowest BCUT2D eigenvalue weighted by Crippen LogP contribution is -2.50. The summed E-state index contributed by atoms with van der Waals surface area (Å²) in [4.78, 5) is 11.3. The largest absolute Gasteiger partial charge is 0.490 e. The standard InChI is InChI=1S/C17H20ClN5O3.ClH/c18-11-2-4-15(13(7-11)16-20-22-23-21-16)26-12-3-1-9-8-19-14(17(24)25)6-10(9)5-12;/h2,4,7,9-10,12,14,19H,1,3,5-6,8H2,(H,24,25)(H,20,21,22,23);1H/t9-,10+,12-,14-;/m0./s1. The topological polar surface area (TPSA) is 113 Å². The molecule has 2 fully saturated rings. The van der Waals surface area contributed by atoms with Crippen molar-refractivity contribution in [1.82, 2.24) is 25.9 Å². The van der Waals surface area contributed by atoms with Gasteiger partial charge in [-0.1, -0.05) is 11.6 Å². The minimum Gasteiger partial charge on any atom is -0.490 e. The first-order valence-electron chi connectivity index (χ1n) is 8.76. The van der Waals surface area contributed by atoms with Crippen LogP contribution in [0.4, 0.5) is 0 Å². The molecule has 10 heteroatoms. The first-order valence-corrected chi connectivity index (χ1v) is 9.14. The zero-order valence-electron chi connectivity index (χ0n) is 14.5. The summed E-state index contributed by atoms with van der Waals surface area (Å²) in [5.41, 5.74) is 0.696. The summed E-state index contributed by atoms with van der Waals surface area (Å²) in [6.45, 7) is 0.767. The molecule has 1 aromatic carbocycles. The predicted octanol–water partition coefficient (Wildman–Crippen LogP) is 2.55. The van der Waals surface area contributed by atoms with Crippen molar-refractivity contribution in [2.24, 2.45) is 11.8 Å². The van der Waals surface area contributed by atoms with E-state index in [2.05, 4.69) is 25.9 Å². The molecule has 1 aromatic heterocycles. The number of nitrogens with zero attached hydrogens (tertiary/aromatic N) is 3. The Morgan fingerprint density at radius 3 is 2.85 bits per heavy atom. The highest BCUT2D eigenvalue weighted by atomic mass is 35.5. The number of rotatable bonds is 4. The Morgan fingerprint density at radius 1 is 1.26 bits per heavy atom. The number of carbonyl (C=O) groups is 1. The molecule has 4 rings (SSSR count). The van der Waals surface area contributed by atoms with Gasteiger partial charge in [0.05, 0.1) is 11.7 Å².